The molecule has 17 heavy (non-hydrogen) atoms. The molecule has 0 aliphatic carbocycles. The molecule has 0 bridgehead atoms. The van der Waals surface area contributed by atoms with E-state index in [0.29, 0.717) is 11.5 Å². The van der Waals surface area contributed by atoms with Crippen molar-refractivity contribution >= 4 is 23.1 Å². The van der Waals surface area contributed by atoms with E-state index in [1.165, 1.54) is 24.5 Å². The Bertz CT molecular complexity index is 594. The monoisotopic (exact) mass is 248 g/mol. The Labute approximate surface area is 102 Å². The number of halogens is 2. The van der Waals surface area contributed by atoms with Crippen LogP contribution < -0.4 is 5.32 Å². The third-order valence-corrected chi connectivity index (χ3v) is 2.21. The highest BCUT2D eigenvalue weighted by atomic mass is 35.5. The molecule has 0 spiro atoms. The molecule has 1 aromatic carbocycles. The Morgan fingerprint density at radius 3 is 2.82 bits per heavy atom. The van der Waals surface area contributed by atoms with Crippen LogP contribution in [-0.2, 0) is 0 Å². The standard InChI is InChI=1S/C11H6ClFN4/c12-10-4-11(16-6-15-10)17-9-2-1-8(13)3-7(9)5-14/h1-4,6H,(H,15,16,17). The summed E-state index contributed by atoms with van der Waals surface area (Å²) in [6.07, 6.45) is 1.29. The zero-order valence-electron chi connectivity index (χ0n) is 8.48. The summed E-state index contributed by atoms with van der Waals surface area (Å²) in [6, 6.07) is 7.26. The minimum atomic E-state index is -0.465. The average Bonchev–Trinajstić information content (AvgIpc) is 2.31. The summed E-state index contributed by atoms with van der Waals surface area (Å²) >= 11 is 5.69. The van der Waals surface area contributed by atoms with Gasteiger partial charge in [0.05, 0.1) is 11.3 Å². The van der Waals surface area contributed by atoms with Gasteiger partial charge in [0.15, 0.2) is 0 Å². The predicted molar refractivity (Wildman–Crippen MR) is 61.4 cm³/mol. The van der Waals surface area contributed by atoms with E-state index >= 15 is 0 Å². The van der Waals surface area contributed by atoms with Crippen molar-refractivity contribution in [2.75, 3.05) is 5.32 Å². The summed E-state index contributed by atoms with van der Waals surface area (Å²) in [4.78, 5) is 7.65. The smallest absolute Gasteiger partial charge is 0.135 e. The van der Waals surface area contributed by atoms with E-state index in [1.807, 2.05) is 6.07 Å². The number of benzene rings is 1. The molecule has 0 atom stereocenters. The molecule has 4 nitrogen and oxygen atoms in total. The molecular formula is C11H6ClFN4. The Hall–Kier alpha value is -2.19. The second kappa shape index (κ2) is 4.76. The van der Waals surface area contributed by atoms with Crippen molar-refractivity contribution in [2.24, 2.45) is 0 Å². The van der Waals surface area contributed by atoms with Crippen molar-refractivity contribution in [2.45, 2.75) is 0 Å². The Morgan fingerprint density at radius 2 is 2.12 bits per heavy atom. The first-order valence-corrected chi connectivity index (χ1v) is 5.01. The maximum absolute atomic E-state index is 12.9. The van der Waals surface area contributed by atoms with E-state index in [2.05, 4.69) is 15.3 Å². The second-order valence-corrected chi connectivity index (χ2v) is 3.54. The summed E-state index contributed by atoms with van der Waals surface area (Å²) in [6.45, 7) is 0. The van der Waals surface area contributed by atoms with Gasteiger partial charge in [-0.2, -0.15) is 5.26 Å². The Kier molecular flexibility index (Phi) is 3.17. The van der Waals surface area contributed by atoms with Crippen LogP contribution in [0.1, 0.15) is 5.56 Å². The van der Waals surface area contributed by atoms with Crippen molar-refractivity contribution in [3.05, 3.63) is 47.1 Å². The minimum absolute atomic E-state index is 0.194. The molecule has 0 aliphatic rings. The highest BCUT2D eigenvalue weighted by Crippen LogP contribution is 2.20. The summed E-state index contributed by atoms with van der Waals surface area (Å²) in [5.41, 5.74) is 0.656. The van der Waals surface area contributed by atoms with Crippen LogP contribution in [0.4, 0.5) is 15.9 Å². The molecule has 2 aromatic rings. The minimum Gasteiger partial charge on any atom is -0.339 e. The zero-order valence-corrected chi connectivity index (χ0v) is 9.24. The van der Waals surface area contributed by atoms with Crippen LogP contribution in [0.15, 0.2) is 30.6 Å². The maximum Gasteiger partial charge on any atom is 0.135 e. The number of anilines is 2. The fraction of sp³-hybridized carbons (Fsp3) is 0. The van der Waals surface area contributed by atoms with Crippen LogP contribution in [0.5, 0.6) is 0 Å². The van der Waals surface area contributed by atoms with Gasteiger partial charge in [-0.3, -0.25) is 0 Å². The molecule has 2 rings (SSSR count). The highest BCUT2D eigenvalue weighted by molar-refractivity contribution is 6.29. The third kappa shape index (κ3) is 2.68. The van der Waals surface area contributed by atoms with Crippen LogP contribution >= 0.6 is 11.6 Å². The normalized spacial score (nSPS) is 9.71. The number of nitrogens with one attached hydrogen (secondary N) is 1. The van der Waals surface area contributed by atoms with Gasteiger partial charge >= 0.3 is 0 Å². The van der Waals surface area contributed by atoms with Crippen molar-refractivity contribution in [1.29, 1.82) is 5.26 Å². The van der Waals surface area contributed by atoms with E-state index in [1.54, 1.807) is 0 Å². The predicted octanol–water partition coefficient (Wildman–Crippen LogP) is 2.88. The van der Waals surface area contributed by atoms with Gasteiger partial charge in [0, 0.05) is 6.07 Å². The Morgan fingerprint density at radius 1 is 1.29 bits per heavy atom. The lowest BCUT2D eigenvalue weighted by molar-refractivity contribution is 0.627. The molecule has 0 amide bonds. The first kappa shape index (κ1) is 11.3. The largest absolute Gasteiger partial charge is 0.339 e. The number of nitriles is 1. The van der Waals surface area contributed by atoms with E-state index in [-0.39, 0.29) is 10.7 Å². The van der Waals surface area contributed by atoms with Crippen molar-refractivity contribution in [1.82, 2.24) is 9.97 Å². The third-order valence-electron chi connectivity index (χ3n) is 2.00. The molecule has 0 unspecified atom stereocenters. The van der Waals surface area contributed by atoms with Crippen molar-refractivity contribution in [3.63, 3.8) is 0 Å². The van der Waals surface area contributed by atoms with Gasteiger partial charge in [-0.1, -0.05) is 11.6 Å². The lowest BCUT2D eigenvalue weighted by Crippen LogP contribution is -1.97. The first-order chi connectivity index (χ1) is 8.19. The molecule has 0 saturated heterocycles. The molecule has 1 N–H and O–H groups in total. The number of nitrogens with zero attached hydrogens (tertiary/aromatic N) is 3. The van der Waals surface area contributed by atoms with Gasteiger partial charge in [-0.15, -0.1) is 0 Å². The fourth-order valence-corrected chi connectivity index (χ4v) is 1.40. The lowest BCUT2D eigenvalue weighted by Gasteiger charge is -2.06. The first-order valence-electron chi connectivity index (χ1n) is 4.63. The highest BCUT2D eigenvalue weighted by Gasteiger charge is 2.05. The van der Waals surface area contributed by atoms with E-state index in [9.17, 15) is 4.39 Å². The average molecular weight is 249 g/mol. The lowest BCUT2D eigenvalue weighted by atomic mass is 10.2. The van der Waals surface area contributed by atoms with Crippen molar-refractivity contribution in [3.8, 4) is 6.07 Å². The van der Waals surface area contributed by atoms with Gasteiger partial charge in [0.25, 0.3) is 0 Å². The number of hydrogen-bond donors (Lipinski definition) is 1. The molecule has 0 saturated carbocycles. The summed E-state index contributed by atoms with van der Waals surface area (Å²) < 4.78 is 12.9. The second-order valence-electron chi connectivity index (χ2n) is 3.15. The summed E-state index contributed by atoms with van der Waals surface area (Å²) in [7, 11) is 0. The van der Waals surface area contributed by atoms with Crippen molar-refractivity contribution < 1.29 is 4.39 Å². The Balaban J connectivity index is 2.34. The van der Waals surface area contributed by atoms with Crippen LogP contribution in [0.2, 0.25) is 5.15 Å². The van der Waals surface area contributed by atoms with Crippen LogP contribution in [0, 0.1) is 17.1 Å². The molecule has 84 valence electrons. The number of hydrogen-bond acceptors (Lipinski definition) is 4. The summed E-state index contributed by atoms with van der Waals surface area (Å²) in [5, 5.41) is 12.0. The molecule has 6 heteroatoms. The maximum atomic E-state index is 12.9. The molecule has 0 radical (unpaired) electrons. The van der Waals surface area contributed by atoms with Gasteiger partial charge in [-0.05, 0) is 18.2 Å². The van der Waals surface area contributed by atoms with E-state index in [4.69, 9.17) is 16.9 Å². The van der Waals surface area contributed by atoms with Gasteiger partial charge < -0.3 is 5.32 Å². The number of rotatable bonds is 2. The number of aromatic nitrogens is 2. The molecule has 0 aliphatic heterocycles. The summed E-state index contributed by atoms with van der Waals surface area (Å²) in [5.74, 6) is -0.0269. The van der Waals surface area contributed by atoms with E-state index in [0.717, 1.165) is 6.07 Å². The zero-order chi connectivity index (χ0) is 12.3. The van der Waals surface area contributed by atoms with Gasteiger partial charge in [0.1, 0.15) is 29.2 Å². The van der Waals surface area contributed by atoms with Gasteiger partial charge in [-0.25, -0.2) is 14.4 Å². The molecule has 1 aromatic heterocycles. The molecule has 1 heterocycles. The fourth-order valence-electron chi connectivity index (χ4n) is 1.26. The van der Waals surface area contributed by atoms with Crippen LogP contribution in [0.25, 0.3) is 0 Å². The van der Waals surface area contributed by atoms with Crippen LogP contribution in [0.3, 0.4) is 0 Å². The van der Waals surface area contributed by atoms with Gasteiger partial charge in [0.2, 0.25) is 0 Å². The topological polar surface area (TPSA) is 61.6 Å². The quantitative estimate of drug-likeness (QED) is 0.830. The molecule has 0 fully saturated rings. The van der Waals surface area contributed by atoms with E-state index < -0.39 is 5.82 Å². The van der Waals surface area contributed by atoms with Crippen LogP contribution in [-0.4, -0.2) is 9.97 Å². The SMILES string of the molecule is N#Cc1cc(F)ccc1Nc1cc(Cl)ncn1. The molecular weight excluding hydrogens is 243 g/mol.